The van der Waals surface area contributed by atoms with Gasteiger partial charge in [-0.15, -0.1) is 0 Å². The van der Waals surface area contributed by atoms with Gasteiger partial charge in [-0.2, -0.15) is 0 Å². The lowest BCUT2D eigenvalue weighted by Crippen LogP contribution is -2.39. The molecular formula is C17H28N2O2. The molecule has 0 bridgehead atoms. The number of para-hydroxylation sites is 1. The molecule has 0 radical (unpaired) electrons. The first kappa shape index (κ1) is 16.3. The number of benzene rings is 1. The van der Waals surface area contributed by atoms with Gasteiger partial charge in [-0.3, -0.25) is 0 Å². The van der Waals surface area contributed by atoms with Gasteiger partial charge < -0.3 is 20.5 Å². The Morgan fingerprint density at radius 1 is 1.38 bits per heavy atom. The summed E-state index contributed by atoms with van der Waals surface area (Å²) in [5, 5.41) is 10.2. The Kier molecular flexibility index (Phi) is 6.49. The molecule has 1 aromatic rings. The fourth-order valence-electron chi connectivity index (χ4n) is 2.72. The largest absolute Gasteiger partial charge is 0.491 e. The summed E-state index contributed by atoms with van der Waals surface area (Å²) in [5.41, 5.74) is 6.66. The molecule has 1 aliphatic carbocycles. The van der Waals surface area contributed by atoms with Crippen LogP contribution in [-0.4, -0.2) is 42.4 Å². The van der Waals surface area contributed by atoms with E-state index in [9.17, 15) is 5.11 Å². The Hall–Kier alpha value is -1.10. The van der Waals surface area contributed by atoms with Gasteiger partial charge in [-0.05, 0) is 31.4 Å². The lowest BCUT2D eigenvalue weighted by Gasteiger charge is -2.32. The van der Waals surface area contributed by atoms with Crippen LogP contribution in [-0.2, 0) is 6.54 Å². The second kappa shape index (κ2) is 8.37. The van der Waals surface area contributed by atoms with Gasteiger partial charge in [-0.25, -0.2) is 0 Å². The molecule has 1 aliphatic rings. The number of ether oxygens (including phenoxy) is 1. The van der Waals surface area contributed by atoms with Crippen molar-refractivity contribution >= 4 is 0 Å². The van der Waals surface area contributed by atoms with Gasteiger partial charge in [0.15, 0.2) is 0 Å². The summed E-state index contributed by atoms with van der Waals surface area (Å²) >= 11 is 0. The van der Waals surface area contributed by atoms with Crippen molar-refractivity contribution < 1.29 is 9.84 Å². The van der Waals surface area contributed by atoms with Crippen LogP contribution in [0.15, 0.2) is 24.3 Å². The van der Waals surface area contributed by atoms with Gasteiger partial charge in [0.1, 0.15) is 18.5 Å². The third kappa shape index (κ3) is 4.99. The Bertz CT molecular complexity index is 421. The van der Waals surface area contributed by atoms with Crippen LogP contribution in [0.25, 0.3) is 0 Å². The zero-order valence-electron chi connectivity index (χ0n) is 13.0. The molecule has 1 unspecified atom stereocenters. The topological polar surface area (TPSA) is 58.7 Å². The molecule has 0 aromatic heterocycles. The third-order valence-corrected chi connectivity index (χ3v) is 4.28. The van der Waals surface area contributed by atoms with Crippen LogP contribution in [0.3, 0.4) is 0 Å². The Morgan fingerprint density at radius 3 is 2.76 bits per heavy atom. The highest BCUT2D eigenvalue weighted by Crippen LogP contribution is 2.27. The van der Waals surface area contributed by atoms with Crippen LogP contribution in [0.1, 0.15) is 31.7 Å². The molecule has 118 valence electrons. The maximum atomic E-state index is 10.2. The molecule has 2 rings (SSSR count). The van der Waals surface area contributed by atoms with Gasteiger partial charge in [-0.1, -0.05) is 31.5 Å². The number of hydrogen-bond donors (Lipinski definition) is 2. The van der Waals surface area contributed by atoms with Gasteiger partial charge in [0.2, 0.25) is 0 Å². The molecule has 4 nitrogen and oxygen atoms in total. The molecule has 3 N–H and O–H groups in total. The third-order valence-electron chi connectivity index (χ3n) is 4.28. The Morgan fingerprint density at radius 2 is 2.14 bits per heavy atom. The van der Waals surface area contributed by atoms with E-state index in [1.54, 1.807) is 0 Å². The zero-order valence-corrected chi connectivity index (χ0v) is 13.0. The van der Waals surface area contributed by atoms with E-state index in [1.165, 1.54) is 19.3 Å². The first-order valence-electron chi connectivity index (χ1n) is 8.04. The summed E-state index contributed by atoms with van der Waals surface area (Å²) in [5.74, 6) is 1.61. The number of likely N-dealkylation sites (N-methyl/N-ethyl adjacent to an activating group) is 1. The van der Waals surface area contributed by atoms with Crippen LogP contribution < -0.4 is 10.5 Å². The van der Waals surface area contributed by atoms with Gasteiger partial charge >= 0.3 is 0 Å². The number of nitrogens with zero attached hydrogens (tertiary/aromatic N) is 1. The van der Waals surface area contributed by atoms with Crippen molar-refractivity contribution in [1.29, 1.82) is 0 Å². The standard InChI is InChI=1S/C17H28N2O2/c1-2-19(11-14-6-5-7-14)12-16(20)13-21-17-9-4-3-8-15(17)10-18/h3-4,8-9,14,16,20H,2,5-7,10-13,18H2,1H3. The van der Waals surface area contributed by atoms with E-state index < -0.39 is 6.10 Å². The van der Waals surface area contributed by atoms with Gasteiger partial charge in [0.05, 0.1) is 0 Å². The van der Waals surface area contributed by atoms with E-state index in [2.05, 4.69) is 11.8 Å². The maximum absolute atomic E-state index is 10.2. The normalized spacial score (nSPS) is 16.8. The summed E-state index contributed by atoms with van der Waals surface area (Å²) in [7, 11) is 0. The minimum absolute atomic E-state index is 0.318. The number of rotatable bonds is 9. The summed E-state index contributed by atoms with van der Waals surface area (Å²) in [6.45, 7) is 5.68. The minimum Gasteiger partial charge on any atom is -0.491 e. The van der Waals surface area contributed by atoms with E-state index in [0.717, 1.165) is 30.3 Å². The minimum atomic E-state index is -0.462. The molecule has 0 saturated heterocycles. The summed E-state index contributed by atoms with van der Waals surface area (Å²) in [4.78, 5) is 2.33. The van der Waals surface area contributed by atoms with Crippen LogP contribution >= 0.6 is 0 Å². The van der Waals surface area contributed by atoms with Crippen molar-refractivity contribution in [3.63, 3.8) is 0 Å². The van der Waals surface area contributed by atoms with Crippen molar-refractivity contribution in [3.05, 3.63) is 29.8 Å². The van der Waals surface area contributed by atoms with Crippen molar-refractivity contribution in [2.75, 3.05) is 26.2 Å². The highest BCUT2D eigenvalue weighted by atomic mass is 16.5. The SMILES string of the molecule is CCN(CC(O)COc1ccccc1CN)CC1CCC1. The van der Waals surface area contributed by atoms with Crippen molar-refractivity contribution in [2.24, 2.45) is 11.7 Å². The number of aliphatic hydroxyl groups excluding tert-OH is 1. The first-order valence-corrected chi connectivity index (χ1v) is 8.04. The van der Waals surface area contributed by atoms with E-state index >= 15 is 0 Å². The number of aliphatic hydroxyl groups is 1. The summed E-state index contributed by atoms with van der Waals surface area (Å²) in [6, 6.07) is 7.73. The lowest BCUT2D eigenvalue weighted by atomic mass is 9.85. The molecule has 0 heterocycles. The average molecular weight is 292 g/mol. The lowest BCUT2D eigenvalue weighted by molar-refractivity contribution is 0.0583. The van der Waals surface area contributed by atoms with E-state index in [0.29, 0.717) is 19.7 Å². The number of nitrogens with two attached hydrogens (primary N) is 1. The monoisotopic (exact) mass is 292 g/mol. The van der Waals surface area contributed by atoms with E-state index in [1.807, 2.05) is 24.3 Å². The van der Waals surface area contributed by atoms with Crippen LogP contribution in [0, 0.1) is 5.92 Å². The Balaban J connectivity index is 1.76. The average Bonchev–Trinajstić information content (AvgIpc) is 2.47. The molecule has 21 heavy (non-hydrogen) atoms. The molecule has 1 fully saturated rings. The molecule has 0 amide bonds. The van der Waals surface area contributed by atoms with Gasteiger partial charge in [0, 0.05) is 25.2 Å². The Labute approximate surface area is 127 Å². The van der Waals surface area contributed by atoms with Crippen LogP contribution in [0.2, 0.25) is 0 Å². The smallest absolute Gasteiger partial charge is 0.123 e. The summed E-state index contributed by atoms with van der Waals surface area (Å²) < 4.78 is 5.72. The molecule has 1 saturated carbocycles. The highest BCUT2D eigenvalue weighted by molar-refractivity contribution is 5.32. The maximum Gasteiger partial charge on any atom is 0.123 e. The predicted octanol–water partition coefficient (Wildman–Crippen LogP) is 2.01. The van der Waals surface area contributed by atoms with Crippen molar-refractivity contribution in [1.82, 2.24) is 4.90 Å². The molecule has 0 aliphatic heterocycles. The fourth-order valence-corrected chi connectivity index (χ4v) is 2.72. The second-order valence-corrected chi connectivity index (χ2v) is 5.93. The van der Waals surface area contributed by atoms with Crippen LogP contribution in [0.4, 0.5) is 0 Å². The quantitative estimate of drug-likeness (QED) is 0.731. The number of hydrogen-bond acceptors (Lipinski definition) is 4. The first-order chi connectivity index (χ1) is 10.2. The van der Waals surface area contributed by atoms with E-state index in [-0.39, 0.29) is 0 Å². The highest BCUT2D eigenvalue weighted by Gasteiger charge is 2.21. The van der Waals surface area contributed by atoms with Crippen molar-refractivity contribution in [2.45, 2.75) is 38.8 Å². The van der Waals surface area contributed by atoms with Gasteiger partial charge in [0.25, 0.3) is 0 Å². The van der Waals surface area contributed by atoms with Crippen LogP contribution in [0.5, 0.6) is 5.75 Å². The molecular weight excluding hydrogens is 264 g/mol. The summed E-state index contributed by atoms with van der Waals surface area (Å²) in [6.07, 6.45) is 3.58. The fraction of sp³-hybridized carbons (Fsp3) is 0.647. The molecule has 0 spiro atoms. The zero-order chi connectivity index (χ0) is 15.1. The predicted molar refractivity (Wildman–Crippen MR) is 85.3 cm³/mol. The molecule has 1 aromatic carbocycles. The van der Waals surface area contributed by atoms with Crippen molar-refractivity contribution in [3.8, 4) is 5.75 Å². The molecule has 4 heteroatoms. The van der Waals surface area contributed by atoms with E-state index in [4.69, 9.17) is 10.5 Å². The second-order valence-electron chi connectivity index (χ2n) is 5.93. The molecule has 1 atom stereocenters.